The molecule has 5 heteroatoms. The summed E-state index contributed by atoms with van der Waals surface area (Å²) < 4.78 is 0. The van der Waals surface area contributed by atoms with Gasteiger partial charge in [-0.15, -0.1) is 11.3 Å². The van der Waals surface area contributed by atoms with Gasteiger partial charge in [0, 0.05) is 31.4 Å². The predicted octanol–water partition coefficient (Wildman–Crippen LogP) is 1.54. The Kier molecular flexibility index (Phi) is 6.47. The minimum Gasteiger partial charge on any atom is -0.375 e. The van der Waals surface area contributed by atoms with Gasteiger partial charge in [-0.1, -0.05) is 6.92 Å². The van der Waals surface area contributed by atoms with Crippen molar-refractivity contribution in [1.82, 2.24) is 14.8 Å². The highest BCUT2D eigenvalue weighted by Crippen LogP contribution is 2.11. The Morgan fingerprint density at radius 2 is 2.00 bits per heavy atom. The van der Waals surface area contributed by atoms with Crippen LogP contribution in [0.4, 0.5) is 5.13 Å². The molecule has 2 N–H and O–H groups in total. The zero-order valence-corrected chi connectivity index (χ0v) is 12.0. The van der Waals surface area contributed by atoms with Gasteiger partial charge in [0.15, 0.2) is 5.13 Å². The summed E-state index contributed by atoms with van der Waals surface area (Å²) in [6, 6.07) is 0. The fraction of sp³-hybridized carbons (Fsp3) is 0.750. The summed E-state index contributed by atoms with van der Waals surface area (Å²) in [5.74, 6) is 0. The van der Waals surface area contributed by atoms with Crippen molar-refractivity contribution >= 4 is 16.5 Å². The molecule has 0 aliphatic carbocycles. The van der Waals surface area contributed by atoms with Crippen molar-refractivity contribution < 1.29 is 0 Å². The van der Waals surface area contributed by atoms with Crippen molar-refractivity contribution in [2.24, 2.45) is 0 Å². The summed E-state index contributed by atoms with van der Waals surface area (Å²) in [5, 5.41) is 2.74. The van der Waals surface area contributed by atoms with Crippen LogP contribution in [0.15, 0.2) is 5.38 Å². The van der Waals surface area contributed by atoms with Gasteiger partial charge in [-0.05, 0) is 27.1 Å². The van der Waals surface area contributed by atoms with Gasteiger partial charge in [0.1, 0.15) is 0 Å². The van der Waals surface area contributed by atoms with Gasteiger partial charge in [-0.2, -0.15) is 0 Å². The summed E-state index contributed by atoms with van der Waals surface area (Å²) in [6.07, 6.45) is 2.20. The first-order valence-corrected chi connectivity index (χ1v) is 7.06. The summed E-state index contributed by atoms with van der Waals surface area (Å²) in [5.41, 5.74) is 6.75. The number of anilines is 1. The quantitative estimate of drug-likeness (QED) is 0.766. The molecule has 0 amide bonds. The maximum absolute atomic E-state index is 5.63. The average Bonchev–Trinajstić information content (AvgIpc) is 2.68. The molecule has 17 heavy (non-hydrogen) atoms. The van der Waals surface area contributed by atoms with Crippen LogP contribution in [-0.4, -0.2) is 55.1 Å². The Bertz CT molecular complexity index is 311. The molecule has 0 atom stereocenters. The smallest absolute Gasteiger partial charge is 0.180 e. The number of nitrogens with two attached hydrogens (primary N) is 1. The number of hydrogen-bond donors (Lipinski definition) is 1. The predicted molar refractivity (Wildman–Crippen MR) is 75.5 cm³/mol. The summed E-state index contributed by atoms with van der Waals surface area (Å²) in [4.78, 5) is 9.02. The zero-order chi connectivity index (χ0) is 12.7. The maximum Gasteiger partial charge on any atom is 0.180 e. The van der Waals surface area contributed by atoms with E-state index in [2.05, 4.69) is 41.2 Å². The van der Waals surface area contributed by atoms with Crippen LogP contribution in [0.1, 0.15) is 19.0 Å². The van der Waals surface area contributed by atoms with Gasteiger partial charge in [-0.3, -0.25) is 0 Å². The minimum atomic E-state index is 0.676. The first-order valence-electron chi connectivity index (χ1n) is 6.18. The van der Waals surface area contributed by atoms with Gasteiger partial charge in [0.25, 0.3) is 0 Å². The Morgan fingerprint density at radius 3 is 2.53 bits per heavy atom. The van der Waals surface area contributed by atoms with E-state index in [1.165, 1.54) is 17.8 Å². The number of hydrogen-bond acceptors (Lipinski definition) is 5. The average molecular weight is 256 g/mol. The van der Waals surface area contributed by atoms with E-state index >= 15 is 0 Å². The fourth-order valence-corrected chi connectivity index (χ4v) is 2.30. The molecular weight excluding hydrogens is 232 g/mol. The third kappa shape index (κ3) is 6.00. The lowest BCUT2D eigenvalue weighted by Crippen LogP contribution is -2.33. The van der Waals surface area contributed by atoms with Crippen molar-refractivity contribution in [2.75, 3.05) is 46.0 Å². The maximum atomic E-state index is 5.63. The molecular formula is C12H24N4S. The molecule has 98 valence electrons. The number of aromatic nitrogens is 1. The molecule has 0 saturated carbocycles. The molecule has 0 aliphatic rings. The standard InChI is InChI=1S/C12H24N4S/c1-4-6-16(9-8-15(2)3)7-5-11-10-17-12(13)14-11/h10H,4-9H2,1-3H3,(H2,13,14). The molecule has 1 rings (SSSR count). The van der Waals surface area contributed by atoms with Crippen molar-refractivity contribution in [3.05, 3.63) is 11.1 Å². The monoisotopic (exact) mass is 256 g/mol. The molecule has 1 aromatic rings. The summed E-state index contributed by atoms with van der Waals surface area (Å²) >= 11 is 1.53. The molecule has 0 aliphatic heterocycles. The van der Waals surface area contributed by atoms with Crippen LogP contribution in [0.2, 0.25) is 0 Å². The van der Waals surface area contributed by atoms with E-state index in [1.54, 1.807) is 0 Å². The highest BCUT2D eigenvalue weighted by atomic mass is 32.1. The van der Waals surface area contributed by atoms with Crippen LogP contribution in [0, 0.1) is 0 Å². The number of likely N-dealkylation sites (N-methyl/N-ethyl adjacent to an activating group) is 1. The van der Waals surface area contributed by atoms with Crippen molar-refractivity contribution in [1.29, 1.82) is 0 Å². The van der Waals surface area contributed by atoms with Crippen molar-refractivity contribution in [2.45, 2.75) is 19.8 Å². The lowest BCUT2D eigenvalue weighted by Gasteiger charge is -2.23. The molecule has 0 unspecified atom stereocenters. The molecule has 0 saturated heterocycles. The van der Waals surface area contributed by atoms with Gasteiger partial charge in [0.2, 0.25) is 0 Å². The minimum absolute atomic E-state index is 0.676. The zero-order valence-electron chi connectivity index (χ0n) is 11.1. The van der Waals surface area contributed by atoms with E-state index in [9.17, 15) is 0 Å². The second kappa shape index (κ2) is 7.63. The van der Waals surface area contributed by atoms with Gasteiger partial charge < -0.3 is 15.5 Å². The van der Waals surface area contributed by atoms with Gasteiger partial charge >= 0.3 is 0 Å². The highest BCUT2D eigenvalue weighted by Gasteiger charge is 2.06. The Balaban J connectivity index is 2.33. The lowest BCUT2D eigenvalue weighted by molar-refractivity contribution is 0.243. The van der Waals surface area contributed by atoms with Crippen LogP contribution in [0.3, 0.4) is 0 Å². The first kappa shape index (κ1) is 14.4. The third-order valence-corrected chi connectivity index (χ3v) is 3.38. The van der Waals surface area contributed by atoms with Gasteiger partial charge in [-0.25, -0.2) is 4.98 Å². The molecule has 0 radical (unpaired) electrons. The molecule has 0 bridgehead atoms. The van der Waals surface area contributed by atoms with Crippen LogP contribution in [0.25, 0.3) is 0 Å². The second-order valence-corrected chi connectivity index (χ2v) is 5.46. The molecule has 0 aromatic carbocycles. The number of rotatable bonds is 8. The summed E-state index contributed by atoms with van der Waals surface area (Å²) in [6.45, 7) is 6.70. The van der Waals surface area contributed by atoms with E-state index in [0.717, 1.165) is 38.3 Å². The van der Waals surface area contributed by atoms with Crippen molar-refractivity contribution in [3.8, 4) is 0 Å². The first-order chi connectivity index (χ1) is 8.11. The van der Waals surface area contributed by atoms with E-state index < -0.39 is 0 Å². The third-order valence-electron chi connectivity index (χ3n) is 2.66. The largest absolute Gasteiger partial charge is 0.375 e. The number of nitrogens with zero attached hydrogens (tertiary/aromatic N) is 3. The van der Waals surface area contributed by atoms with Crippen LogP contribution in [0.5, 0.6) is 0 Å². The van der Waals surface area contributed by atoms with E-state index in [4.69, 9.17) is 5.73 Å². The normalized spacial score (nSPS) is 11.6. The van der Waals surface area contributed by atoms with E-state index in [0.29, 0.717) is 5.13 Å². The molecule has 1 heterocycles. The summed E-state index contributed by atoms with van der Waals surface area (Å²) in [7, 11) is 4.23. The molecule has 4 nitrogen and oxygen atoms in total. The second-order valence-electron chi connectivity index (χ2n) is 4.57. The Morgan fingerprint density at radius 1 is 1.24 bits per heavy atom. The highest BCUT2D eigenvalue weighted by molar-refractivity contribution is 7.13. The SMILES string of the molecule is CCCN(CCc1csc(N)n1)CCN(C)C. The number of nitrogen functional groups attached to an aromatic ring is 1. The van der Waals surface area contributed by atoms with Crippen LogP contribution < -0.4 is 5.73 Å². The topological polar surface area (TPSA) is 45.4 Å². The Labute approximate surface area is 108 Å². The van der Waals surface area contributed by atoms with E-state index in [-0.39, 0.29) is 0 Å². The molecule has 1 aromatic heterocycles. The molecule has 0 spiro atoms. The lowest BCUT2D eigenvalue weighted by atomic mass is 10.3. The number of thiazole rings is 1. The van der Waals surface area contributed by atoms with Crippen molar-refractivity contribution in [3.63, 3.8) is 0 Å². The van der Waals surface area contributed by atoms with E-state index in [1.807, 2.05) is 0 Å². The fourth-order valence-electron chi connectivity index (χ4n) is 1.70. The van der Waals surface area contributed by atoms with Gasteiger partial charge in [0.05, 0.1) is 5.69 Å². The Hall–Kier alpha value is -0.650. The van der Waals surface area contributed by atoms with Crippen LogP contribution in [-0.2, 0) is 6.42 Å². The van der Waals surface area contributed by atoms with Crippen LogP contribution >= 0.6 is 11.3 Å². The molecule has 0 fully saturated rings.